The molecule has 0 spiro atoms. The third-order valence-electron chi connectivity index (χ3n) is 3.56. The highest BCUT2D eigenvalue weighted by molar-refractivity contribution is 6.31. The normalized spacial score (nSPS) is 21.4. The van der Waals surface area contributed by atoms with E-state index in [2.05, 4.69) is 12.2 Å². The van der Waals surface area contributed by atoms with Crippen LogP contribution in [0.1, 0.15) is 30.8 Å². The number of anilines is 1. The molecule has 19 heavy (non-hydrogen) atoms. The first-order valence-electron chi connectivity index (χ1n) is 6.41. The molecular weight excluding hydrogens is 265 g/mol. The van der Waals surface area contributed by atoms with Gasteiger partial charge in [0, 0.05) is 5.92 Å². The summed E-state index contributed by atoms with van der Waals surface area (Å²) in [6, 6.07) is 8.86. The van der Waals surface area contributed by atoms with Gasteiger partial charge in [0.2, 0.25) is 0 Å². The van der Waals surface area contributed by atoms with Crippen molar-refractivity contribution in [2.75, 3.05) is 5.32 Å². The van der Waals surface area contributed by atoms with Gasteiger partial charge in [-0.25, -0.2) is 4.39 Å². The lowest BCUT2D eigenvalue weighted by atomic mass is 10.3. The Hall–Kier alpha value is -1.48. The molecule has 1 aromatic heterocycles. The number of rotatable bonds is 4. The van der Waals surface area contributed by atoms with E-state index in [-0.39, 0.29) is 5.02 Å². The van der Waals surface area contributed by atoms with E-state index in [1.165, 1.54) is 12.5 Å². The van der Waals surface area contributed by atoms with E-state index in [0.717, 1.165) is 17.4 Å². The van der Waals surface area contributed by atoms with E-state index in [1.807, 2.05) is 12.1 Å². The van der Waals surface area contributed by atoms with Crippen LogP contribution in [0.25, 0.3) is 0 Å². The first kappa shape index (κ1) is 12.5. The molecule has 1 aromatic carbocycles. The zero-order chi connectivity index (χ0) is 13.4. The fourth-order valence-electron chi connectivity index (χ4n) is 2.23. The highest BCUT2D eigenvalue weighted by Crippen LogP contribution is 2.47. The SMILES string of the molecule is CC1CC1c1ccc(CNc2cccc(Cl)c2F)o1. The molecule has 2 atom stereocenters. The summed E-state index contributed by atoms with van der Waals surface area (Å²) in [7, 11) is 0. The molecule has 4 heteroatoms. The molecule has 1 aliphatic carbocycles. The fraction of sp³-hybridized carbons (Fsp3) is 0.333. The zero-order valence-electron chi connectivity index (χ0n) is 10.6. The van der Waals surface area contributed by atoms with Crippen LogP contribution in [-0.4, -0.2) is 0 Å². The van der Waals surface area contributed by atoms with E-state index in [9.17, 15) is 4.39 Å². The van der Waals surface area contributed by atoms with Gasteiger partial charge in [-0.2, -0.15) is 0 Å². The lowest BCUT2D eigenvalue weighted by Crippen LogP contribution is -2.00. The third kappa shape index (κ3) is 2.61. The largest absolute Gasteiger partial charge is 0.464 e. The number of nitrogens with one attached hydrogen (secondary N) is 1. The van der Waals surface area contributed by atoms with Gasteiger partial charge >= 0.3 is 0 Å². The van der Waals surface area contributed by atoms with Gasteiger partial charge in [-0.15, -0.1) is 0 Å². The van der Waals surface area contributed by atoms with Gasteiger partial charge in [0.05, 0.1) is 17.3 Å². The van der Waals surface area contributed by atoms with Crippen LogP contribution in [0, 0.1) is 11.7 Å². The first-order chi connectivity index (χ1) is 9.15. The van der Waals surface area contributed by atoms with Crippen LogP contribution in [0.2, 0.25) is 5.02 Å². The molecule has 0 amide bonds. The van der Waals surface area contributed by atoms with Crippen molar-refractivity contribution in [2.45, 2.75) is 25.8 Å². The van der Waals surface area contributed by atoms with E-state index < -0.39 is 5.82 Å². The number of hydrogen-bond donors (Lipinski definition) is 1. The van der Waals surface area contributed by atoms with Crippen LogP contribution < -0.4 is 5.32 Å². The van der Waals surface area contributed by atoms with Crippen molar-refractivity contribution < 1.29 is 8.81 Å². The summed E-state index contributed by atoms with van der Waals surface area (Å²) in [5, 5.41) is 3.12. The summed E-state index contributed by atoms with van der Waals surface area (Å²) in [4.78, 5) is 0. The van der Waals surface area contributed by atoms with Crippen LogP contribution in [0.5, 0.6) is 0 Å². The lowest BCUT2D eigenvalue weighted by Gasteiger charge is -2.06. The maximum atomic E-state index is 13.7. The van der Waals surface area contributed by atoms with Crippen LogP contribution in [0.15, 0.2) is 34.7 Å². The standard InChI is InChI=1S/C15H15ClFNO/c1-9-7-11(9)14-6-5-10(19-14)8-18-13-4-2-3-12(16)15(13)17/h2-6,9,11,18H,7-8H2,1H3. The summed E-state index contributed by atoms with van der Waals surface area (Å²) >= 11 is 5.73. The molecule has 1 N–H and O–H groups in total. The van der Waals surface area contributed by atoms with Gasteiger partial charge in [0.25, 0.3) is 0 Å². The van der Waals surface area contributed by atoms with Crippen molar-refractivity contribution in [3.05, 3.63) is 52.7 Å². The Balaban J connectivity index is 1.66. The van der Waals surface area contributed by atoms with Crippen molar-refractivity contribution >= 4 is 17.3 Å². The second kappa shape index (κ2) is 4.89. The quantitative estimate of drug-likeness (QED) is 0.869. The van der Waals surface area contributed by atoms with Gasteiger partial charge < -0.3 is 9.73 Å². The topological polar surface area (TPSA) is 25.2 Å². The lowest BCUT2D eigenvalue weighted by molar-refractivity contribution is 0.467. The van der Waals surface area contributed by atoms with Gasteiger partial charge in [0.15, 0.2) is 5.82 Å². The molecule has 1 heterocycles. The van der Waals surface area contributed by atoms with Gasteiger partial charge in [-0.05, 0) is 36.6 Å². The second-order valence-electron chi connectivity index (χ2n) is 5.08. The smallest absolute Gasteiger partial charge is 0.164 e. The minimum absolute atomic E-state index is 0.122. The molecule has 1 aliphatic rings. The third-order valence-corrected chi connectivity index (χ3v) is 3.85. The van der Waals surface area contributed by atoms with Crippen LogP contribution in [-0.2, 0) is 6.54 Å². The summed E-state index contributed by atoms with van der Waals surface area (Å²) < 4.78 is 19.4. The molecule has 2 unspecified atom stereocenters. The molecule has 0 radical (unpaired) electrons. The number of benzene rings is 1. The summed E-state index contributed by atoms with van der Waals surface area (Å²) in [6.07, 6.45) is 1.20. The Kier molecular flexibility index (Phi) is 3.23. The number of halogens is 2. The second-order valence-corrected chi connectivity index (χ2v) is 5.49. The van der Waals surface area contributed by atoms with Crippen molar-refractivity contribution in [2.24, 2.45) is 5.92 Å². The molecule has 1 saturated carbocycles. The predicted octanol–water partition coefficient (Wildman–Crippen LogP) is 4.81. The Morgan fingerprint density at radius 3 is 2.89 bits per heavy atom. The molecule has 0 saturated heterocycles. The monoisotopic (exact) mass is 279 g/mol. The summed E-state index contributed by atoms with van der Waals surface area (Å²) in [5.41, 5.74) is 0.394. The molecule has 1 fully saturated rings. The van der Waals surface area contributed by atoms with Crippen LogP contribution in [0.3, 0.4) is 0 Å². The average Bonchev–Trinajstić information content (AvgIpc) is 2.94. The van der Waals surface area contributed by atoms with E-state index in [0.29, 0.717) is 18.2 Å². The molecule has 100 valence electrons. The molecule has 2 aromatic rings. The highest BCUT2D eigenvalue weighted by atomic mass is 35.5. The zero-order valence-corrected chi connectivity index (χ0v) is 11.4. The van der Waals surface area contributed by atoms with Gasteiger partial charge in [-0.3, -0.25) is 0 Å². The Labute approximate surface area is 116 Å². The maximum Gasteiger partial charge on any atom is 0.164 e. The van der Waals surface area contributed by atoms with Crippen molar-refractivity contribution in [1.82, 2.24) is 0 Å². The fourth-order valence-corrected chi connectivity index (χ4v) is 2.40. The van der Waals surface area contributed by atoms with Crippen molar-refractivity contribution in [3.8, 4) is 0 Å². The van der Waals surface area contributed by atoms with E-state index >= 15 is 0 Å². The molecule has 3 rings (SSSR count). The summed E-state index contributed by atoms with van der Waals surface area (Å²) in [6.45, 7) is 2.67. The average molecular weight is 280 g/mol. The molecule has 0 bridgehead atoms. The Morgan fingerprint density at radius 1 is 1.37 bits per heavy atom. The van der Waals surface area contributed by atoms with Gasteiger partial charge in [0.1, 0.15) is 11.5 Å². The van der Waals surface area contributed by atoms with E-state index in [1.54, 1.807) is 12.1 Å². The minimum atomic E-state index is -0.424. The number of hydrogen-bond acceptors (Lipinski definition) is 2. The van der Waals surface area contributed by atoms with E-state index in [4.69, 9.17) is 16.0 Å². The molecule has 2 nitrogen and oxygen atoms in total. The van der Waals surface area contributed by atoms with Crippen LogP contribution >= 0.6 is 11.6 Å². The maximum absolute atomic E-state index is 13.7. The summed E-state index contributed by atoms with van der Waals surface area (Å²) in [5.74, 6) is 2.71. The predicted molar refractivity (Wildman–Crippen MR) is 74.0 cm³/mol. The van der Waals surface area contributed by atoms with Gasteiger partial charge in [-0.1, -0.05) is 24.6 Å². The van der Waals surface area contributed by atoms with Crippen molar-refractivity contribution in [1.29, 1.82) is 0 Å². The Morgan fingerprint density at radius 2 is 2.16 bits per heavy atom. The molecular formula is C15H15ClFNO. The highest BCUT2D eigenvalue weighted by Gasteiger charge is 2.36. The molecule has 0 aliphatic heterocycles. The van der Waals surface area contributed by atoms with Crippen molar-refractivity contribution in [3.63, 3.8) is 0 Å². The Bertz CT molecular complexity index is 596. The van der Waals surface area contributed by atoms with Crippen LogP contribution in [0.4, 0.5) is 10.1 Å². The minimum Gasteiger partial charge on any atom is -0.464 e. The number of furan rings is 1. The first-order valence-corrected chi connectivity index (χ1v) is 6.79.